The predicted octanol–water partition coefficient (Wildman–Crippen LogP) is 4.97. The molecular weight excluding hydrogens is 289 g/mol. The van der Waals surface area contributed by atoms with E-state index in [1.165, 1.54) is 6.07 Å². The van der Waals surface area contributed by atoms with Gasteiger partial charge in [0.05, 0.1) is 27.5 Å². The zero-order chi connectivity index (χ0) is 14.8. The van der Waals surface area contributed by atoms with Crippen molar-refractivity contribution >= 4 is 23.0 Å². The van der Waals surface area contributed by atoms with Gasteiger partial charge in [0.15, 0.2) is 0 Å². The molecule has 2 nitrogen and oxygen atoms in total. The van der Waals surface area contributed by atoms with Crippen LogP contribution in [0.5, 0.6) is 0 Å². The largest absolute Gasteiger partial charge is 0.416 e. The lowest BCUT2D eigenvalue weighted by molar-refractivity contribution is -0.137. The van der Waals surface area contributed by atoms with Crippen LogP contribution in [0, 0.1) is 11.3 Å². The highest BCUT2D eigenvalue weighted by Crippen LogP contribution is 2.35. The number of anilines is 2. The van der Waals surface area contributed by atoms with Gasteiger partial charge in [-0.2, -0.15) is 18.4 Å². The van der Waals surface area contributed by atoms with E-state index in [0.717, 1.165) is 12.1 Å². The molecule has 0 saturated carbocycles. The van der Waals surface area contributed by atoms with Crippen LogP contribution in [0.1, 0.15) is 11.1 Å². The van der Waals surface area contributed by atoms with Crippen molar-refractivity contribution in [3.63, 3.8) is 0 Å². The molecule has 6 heteroatoms. The van der Waals surface area contributed by atoms with E-state index in [1.807, 2.05) is 6.07 Å². The molecule has 0 spiro atoms. The Morgan fingerprint density at radius 3 is 2.35 bits per heavy atom. The molecule has 1 N–H and O–H groups in total. The highest BCUT2D eigenvalue weighted by Gasteiger charge is 2.30. The van der Waals surface area contributed by atoms with E-state index in [4.69, 9.17) is 16.9 Å². The van der Waals surface area contributed by atoms with Crippen molar-refractivity contribution in [2.75, 3.05) is 5.32 Å². The Morgan fingerprint density at radius 1 is 1.05 bits per heavy atom. The van der Waals surface area contributed by atoms with E-state index < -0.39 is 11.7 Å². The minimum Gasteiger partial charge on any atom is -0.353 e. The third-order valence-corrected chi connectivity index (χ3v) is 2.93. The van der Waals surface area contributed by atoms with E-state index in [1.54, 1.807) is 24.3 Å². The topological polar surface area (TPSA) is 35.8 Å². The number of hydrogen-bond donors (Lipinski definition) is 1. The first kappa shape index (κ1) is 14.2. The van der Waals surface area contributed by atoms with Gasteiger partial charge >= 0.3 is 6.18 Å². The summed E-state index contributed by atoms with van der Waals surface area (Å²) in [5.41, 5.74) is 0.351. The van der Waals surface area contributed by atoms with Crippen molar-refractivity contribution in [1.29, 1.82) is 5.26 Å². The number of nitrogens with one attached hydrogen (secondary N) is 1. The average molecular weight is 297 g/mol. The molecule has 2 aromatic carbocycles. The van der Waals surface area contributed by atoms with E-state index >= 15 is 0 Å². The molecule has 0 amide bonds. The summed E-state index contributed by atoms with van der Waals surface area (Å²) in [4.78, 5) is 0. The third kappa shape index (κ3) is 3.03. The van der Waals surface area contributed by atoms with E-state index in [-0.39, 0.29) is 5.02 Å². The maximum atomic E-state index is 12.5. The first-order valence-electron chi connectivity index (χ1n) is 5.54. The van der Waals surface area contributed by atoms with Crippen LogP contribution in [0.2, 0.25) is 5.02 Å². The van der Waals surface area contributed by atoms with Crippen LogP contribution in [0.3, 0.4) is 0 Å². The lowest BCUT2D eigenvalue weighted by Crippen LogP contribution is -2.05. The van der Waals surface area contributed by atoms with Crippen LogP contribution in [-0.4, -0.2) is 0 Å². The fourth-order valence-electron chi connectivity index (χ4n) is 1.63. The smallest absolute Gasteiger partial charge is 0.353 e. The molecule has 0 atom stereocenters. The molecule has 0 aliphatic carbocycles. The van der Waals surface area contributed by atoms with Crippen LogP contribution >= 0.6 is 11.6 Å². The van der Waals surface area contributed by atoms with Gasteiger partial charge in [0.1, 0.15) is 6.07 Å². The van der Waals surface area contributed by atoms with Gasteiger partial charge < -0.3 is 5.32 Å². The fourth-order valence-corrected chi connectivity index (χ4v) is 1.86. The molecule has 0 aliphatic rings. The molecular formula is C14H8ClF3N2. The molecule has 20 heavy (non-hydrogen) atoms. The molecule has 0 unspecified atom stereocenters. The van der Waals surface area contributed by atoms with Crippen LogP contribution in [-0.2, 0) is 6.18 Å². The fraction of sp³-hybridized carbons (Fsp3) is 0.0714. The van der Waals surface area contributed by atoms with Crippen molar-refractivity contribution in [2.24, 2.45) is 0 Å². The highest BCUT2D eigenvalue weighted by atomic mass is 35.5. The van der Waals surface area contributed by atoms with Gasteiger partial charge in [0, 0.05) is 0 Å². The van der Waals surface area contributed by atoms with Gasteiger partial charge in [-0.25, -0.2) is 0 Å². The van der Waals surface area contributed by atoms with Crippen molar-refractivity contribution in [1.82, 2.24) is 0 Å². The molecule has 0 fully saturated rings. The Balaban J connectivity index is 2.34. The number of nitrogens with zero attached hydrogens (tertiary/aromatic N) is 1. The molecule has 0 bridgehead atoms. The number of benzene rings is 2. The summed E-state index contributed by atoms with van der Waals surface area (Å²) >= 11 is 5.84. The Morgan fingerprint density at radius 2 is 1.75 bits per heavy atom. The highest BCUT2D eigenvalue weighted by molar-refractivity contribution is 6.33. The van der Waals surface area contributed by atoms with E-state index in [2.05, 4.69) is 5.32 Å². The van der Waals surface area contributed by atoms with Crippen molar-refractivity contribution < 1.29 is 13.2 Å². The maximum absolute atomic E-state index is 12.5. The quantitative estimate of drug-likeness (QED) is 0.849. The molecule has 2 rings (SSSR count). The summed E-state index contributed by atoms with van der Waals surface area (Å²) in [6.07, 6.45) is -4.44. The second-order valence-electron chi connectivity index (χ2n) is 3.97. The molecule has 0 saturated heterocycles. The number of rotatable bonds is 2. The van der Waals surface area contributed by atoms with Gasteiger partial charge in [0.2, 0.25) is 0 Å². The summed E-state index contributed by atoms with van der Waals surface area (Å²) < 4.78 is 37.6. The minimum absolute atomic E-state index is 0.0624. The third-order valence-electron chi connectivity index (χ3n) is 2.61. The van der Waals surface area contributed by atoms with Gasteiger partial charge in [-0.3, -0.25) is 0 Å². The number of para-hydroxylation sites is 1. The zero-order valence-electron chi connectivity index (χ0n) is 10.0. The first-order chi connectivity index (χ1) is 9.41. The van der Waals surface area contributed by atoms with Gasteiger partial charge in [-0.15, -0.1) is 0 Å². The van der Waals surface area contributed by atoms with Crippen LogP contribution in [0.15, 0.2) is 42.5 Å². The Kier molecular flexibility index (Phi) is 3.86. The Bertz CT molecular complexity index is 675. The monoisotopic (exact) mass is 296 g/mol. The number of alkyl halides is 3. The minimum atomic E-state index is -4.44. The predicted molar refractivity (Wildman–Crippen MR) is 70.9 cm³/mol. The molecule has 102 valence electrons. The van der Waals surface area contributed by atoms with Gasteiger partial charge in [-0.05, 0) is 30.3 Å². The normalized spacial score (nSPS) is 10.9. The number of nitriles is 1. The second kappa shape index (κ2) is 5.43. The zero-order valence-corrected chi connectivity index (χ0v) is 10.8. The Labute approximate surface area is 118 Å². The Hall–Kier alpha value is -2.19. The number of halogens is 4. The second-order valence-corrected chi connectivity index (χ2v) is 4.38. The van der Waals surface area contributed by atoms with Crippen molar-refractivity contribution in [3.8, 4) is 6.07 Å². The summed E-state index contributed by atoms with van der Waals surface area (Å²) in [5, 5.41) is 11.7. The van der Waals surface area contributed by atoms with Gasteiger partial charge in [-0.1, -0.05) is 23.7 Å². The van der Waals surface area contributed by atoms with Crippen molar-refractivity contribution in [3.05, 3.63) is 58.6 Å². The van der Waals surface area contributed by atoms with Crippen LogP contribution in [0.25, 0.3) is 0 Å². The molecule has 0 heterocycles. The first-order valence-corrected chi connectivity index (χ1v) is 5.92. The van der Waals surface area contributed by atoms with Gasteiger partial charge in [0.25, 0.3) is 0 Å². The summed E-state index contributed by atoms with van der Waals surface area (Å²) in [6, 6.07) is 11.6. The molecule has 0 radical (unpaired) electrons. The lowest BCUT2D eigenvalue weighted by Gasteiger charge is -2.12. The van der Waals surface area contributed by atoms with Crippen molar-refractivity contribution in [2.45, 2.75) is 6.18 Å². The maximum Gasteiger partial charge on any atom is 0.416 e. The molecule has 0 aromatic heterocycles. The van der Waals surface area contributed by atoms with Crippen LogP contribution in [0.4, 0.5) is 24.5 Å². The van der Waals surface area contributed by atoms with E-state index in [9.17, 15) is 13.2 Å². The lowest BCUT2D eigenvalue weighted by atomic mass is 10.1. The molecule has 0 aliphatic heterocycles. The summed E-state index contributed by atoms with van der Waals surface area (Å²) in [7, 11) is 0. The summed E-state index contributed by atoms with van der Waals surface area (Å²) in [6.45, 7) is 0. The average Bonchev–Trinajstić information content (AvgIpc) is 2.40. The SMILES string of the molecule is N#Cc1ccccc1Nc1ccc(C(F)(F)F)cc1Cl. The van der Waals surface area contributed by atoms with Crippen LogP contribution < -0.4 is 5.32 Å². The standard InChI is InChI=1S/C14H8ClF3N2/c15-11-7-10(14(16,17)18)5-6-13(11)20-12-4-2-1-3-9(12)8-19/h1-7,20H. The molecule has 2 aromatic rings. The summed E-state index contributed by atoms with van der Waals surface area (Å²) in [5.74, 6) is 0. The van der Waals surface area contributed by atoms with E-state index in [0.29, 0.717) is 16.9 Å². The number of hydrogen-bond acceptors (Lipinski definition) is 2.